The number of rotatable bonds is 3. The summed E-state index contributed by atoms with van der Waals surface area (Å²) in [4.78, 5) is 4.63. The molecule has 152 valence electrons. The molecule has 3 heterocycles. The maximum atomic E-state index is 5.66. The van der Waals surface area contributed by atoms with Crippen LogP contribution in [-0.2, 0) is 16.0 Å². The van der Waals surface area contributed by atoms with Crippen molar-refractivity contribution in [2.75, 3.05) is 14.2 Å². The van der Waals surface area contributed by atoms with E-state index in [4.69, 9.17) is 9.47 Å². The van der Waals surface area contributed by atoms with Gasteiger partial charge in [-0.05, 0) is 61.2 Å². The van der Waals surface area contributed by atoms with Crippen LogP contribution in [0.15, 0.2) is 65.8 Å². The third-order valence-electron chi connectivity index (χ3n) is 6.30. The number of nitrogens with zero attached hydrogens (tertiary/aromatic N) is 2. The van der Waals surface area contributed by atoms with Crippen LogP contribution in [0.25, 0.3) is 27.6 Å². The molecule has 0 fully saturated rings. The molecule has 0 N–H and O–H groups in total. The Hall–Kier alpha value is -3.27. The van der Waals surface area contributed by atoms with E-state index in [0.29, 0.717) is 0 Å². The fourth-order valence-electron chi connectivity index (χ4n) is 4.71. The summed E-state index contributed by atoms with van der Waals surface area (Å²) < 4.78 is 13.7. The average molecular weight is 399 g/mol. The maximum absolute atomic E-state index is 5.66. The third kappa shape index (κ3) is 2.86. The first-order chi connectivity index (χ1) is 14.6. The number of methoxy groups -OCH3 is 2. The lowest BCUT2D eigenvalue weighted by atomic mass is 9.95. The Labute approximate surface area is 177 Å². The van der Waals surface area contributed by atoms with Crippen LogP contribution in [0, 0.1) is 13.8 Å². The van der Waals surface area contributed by atoms with Crippen molar-refractivity contribution in [3.63, 3.8) is 0 Å². The molecule has 0 atom stereocenters. The number of allylic oxidation sites excluding steroid dienone is 4. The molecule has 0 unspecified atom stereocenters. The molecule has 0 amide bonds. The van der Waals surface area contributed by atoms with Gasteiger partial charge in [0, 0.05) is 47.1 Å². The molecule has 30 heavy (non-hydrogen) atoms. The van der Waals surface area contributed by atoms with Gasteiger partial charge in [-0.1, -0.05) is 18.2 Å². The van der Waals surface area contributed by atoms with Gasteiger partial charge in [0.05, 0.1) is 19.7 Å². The second-order valence-corrected chi connectivity index (χ2v) is 8.00. The predicted octanol–water partition coefficient (Wildman–Crippen LogP) is 5.94. The van der Waals surface area contributed by atoms with Crippen LogP contribution in [0.2, 0.25) is 0 Å². The lowest BCUT2D eigenvalue weighted by Crippen LogP contribution is -2.12. The van der Waals surface area contributed by atoms with Crippen molar-refractivity contribution in [3.05, 3.63) is 82.7 Å². The van der Waals surface area contributed by atoms with Crippen LogP contribution in [-0.4, -0.2) is 23.8 Å². The average Bonchev–Trinajstić information content (AvgIpc) is 2.98. The first-order valence-corrected chi connectivity index (χ1v) is 10.4. The molecule has 0 saturated heterocycles. The largest absolute Gasteiger partial charge is 0.497 e. The summed E-state index contributed by atoms with van der Waals surface area (Å²) in [7, 11) is 3.42. The second kappa shape index (κ2) is 7.21. The van der Waals surface area contributed by atoms with Crippen molar-refractivity contribution in [2.45, 2.75) is 33.2 Å². The number of fused-ring (bicyclic) bond motifs is 4. The number of hydrogen-bond donors (Lipinski definition) is 0. The van der Waals surface area contributed by atoms with E-state index < -0.39 is 0 Å². The first-order valence-electron chi connectivity index (χ1n) is 10.4. The molecule has 4 heteroatoms. The quantitative estimate of drug-likeness (QED) is 0.548. The zero-order chi connectivity index (χ0) is 20.8. The summed E-state index contributed by atoms with van der Waals surface area (Å²) in [6.45, 7) is 5.30. The fourth-order valence-corrected chi connectivity index (χ4v) is 4.71. The number of pyridine rings is 1. The molecule has 2 aromatic heterocycles. The van der Waals surface area contributed by atoms with Crippen molar-refractivity contribution in [1.29, 1.82) is 0 Å². The number of aryl methyl sites for hydroxylation is 1. The van der Waals surface area contributed by atoms with Crippen LogP contribution < -0.4 is 0 Å². The number of hydrogen-bond acceptors (Lipinski definition) is 3. The summed E-state index contributed by atoms with van der Waals surface area (Å²) >= 11 is 0. The van der Waals surface area contributed by atoms with Crippen molar-refractivity contribution >= 4 is 16.5 Å². The number of benzene rings is 1. The molecular formula is C26H26N2O2. The highest BCUT2D eigenvalue weighted by Gasteiger charge is 2.26. The van der Waals surface area contributed by atoms with Crippen LogP contribution in [0.3, 0.4) is 0 Å². The standard InChI is InChI=1S/C26H26N2O2/c1-16-12-22-19(6-5-7-23(22)27-15-16)20-13-24-21-14-26(30-4)25(29-3)9-8-18(21)10-11-28(24)17(20)2/h5-8,12-15H,9-11H2,1-4H3. The Balaban J connectivity index is 1.72. The molecule has 0 bridgehead atoms. The van der Waals surface area contributed by atoms with Gasteiger partial charge >= 0.3 is 0 Å². The molecule has 1 aromatic carbocycles. The van der Waals surface area contributed by atoms with Gasteiger partial charge in [0.15, 0.2) is 5.76 Å². The van der Waals surface area contributed by atoms with Crippen LogP contribution in [0.1, 0.15) is 29.8 Å². The fraction of sp³-hybridized carbons (Fsp3) is 0.269. The lowest BCUT2D eigenvalue weighted by molar-refractivity contribution is 0.227. The Morgan fingerprint density at radius 3 is 2.70 bits per heavy atom. The van der Waals surface area contributed by atoms with E-state index in [9.17, 15) is 0 Å². The van der Waals surface area contributed by atoms with Gasteiger partial charge in [0.25, 0.3) is 0 Å². The van der Waals surface area contributed by atoms with Gasteiger partial charge in [-0.3, -0.25) is 4.98 Å². The Bertz CT molecular complexity index is 1260. The van der Waals surface area contributed by atoms with Gasteiger partial charge in [-0.15, -0.1) is 0 Å². The number of aromatic nitrogens is 2. The van der Waals surface area contributed by atoms with E-state index in [1.807, 2.05) is 6.20 Å². The molecule has 1 aliphatic heterocycles. The van der Waals surface area contributed by atoms with E-state index in [2.05, 4.69) is 65.9 Å². The first kappa shape index (κ1) is 18.7. The molecule has 5 rings (SSSR count). The Kier molecular flexibility index (Phi) is 4.50. The van der Waals surface area contributed by atoms with E-state index in [-0.39, 0.29) is 0 Å². The SMILES string of the molecule is COC1=C(OC)CC=C2CCn3c(cc(-c4cccc5ncc(C)cc45)c3C)C2=C1. The molecule has 4 nitrogen and oxygen atoms in total. The second-order valence-electron chi connectivity index (χ2n) is 8.00. The summed E-state index contributed by atoms with van der Waals surface area (Å²) in [6.07, 6.45) is 8.13. The van der Waals surface area contributed by atoms with E-state index in [1.165, 1.54) is 44.6 Å². The summed E-state index contributed by atoms with van der Waals surface area (Å²) in [6, 6.07) is 11.0. The van der Waals surface area contributed by atoms with Gasteiger partial charge in [0.1, 0.15) is 5.76 Å². The molecule has 1 aliphatic carbocycles. The highest BCUT2D eigenvalue weighted by molar-refractivity contribution is 5.97. The Morgan fingerprint density at radius 1 is 1.03 bits per heavy atom. The molecule has 0 saturated carbocycles. The normalized spacial score (nSPS) is 15.9. The van der Waals surface area contributed by atoms with E-state index in [1.54, 1.807) is 14.2 Å². The zero-order valence-corrected chi connectivity index (χ0v) is 18.0. The van der Waals surface area contributed by atoms with Crippen molar-refractivity contribution in [1.82, 2.24) is 9.55 Å². The van der Waals surface area contributed by atoms with E-state index >= 15 is 0 Å². The van der Waals surface area contributed by atoms with Gasteiger partial charge in [-0.25, -0.2) is 0 Å². The molecule has 0 radical (unpaired) electrons. The predicted molar refractivity (Wildman–Crippen MR) is 121 cm³/mol. The monoisotopic (exact) mass is 398 g/mol. The Morgan fingerprint density at radius 2 is 1.90 bits per heavy atom. The van der Waals surface area contributed by atoms with Crippen LogP contribution in [0.5, 0.6) is 0 Å². The maximum Gasteiger partial charge on any atom is 0.157 e. The topological polar surface area (TPSA) is 36.3 Å². The minimum absolute atomic E-state index is 0.760. The lowest BCUT2D eigenvalue weighted by Gasteiger charge is -2.22. The summed E-state index contributed by atoms with van der Waals surface area (Å²) in [5.41, 5.74) is 9.84. The summed E-state index contributed by atoms with van der Waals surface area (Å²) in [5.74, 6) is 1.68. The van der Waals surface area contributed by atoms with Crippen molar-refractivity contribution in [3.8, 4) is 11.1 Å². The van der Waals surface area contributed by atoms with E-state index in [0.717, 1.165) is 36.4 Å². The minimum atomic E-state index is 0.760. The molecular weight excluding hydrogens is 372 g/mol. The van der Waals surface area contributed by atoms with Gasteiger partial charge in [0.2, 0.25) is 0 Å². The highest BCUT2D eigenvalue weighted by atomic mass is 16.5. The molecule has 2 aliphatic rings. The number of ether oxygens (including phenoxy) is 2. The zero-order valence-electron chi connectivity index (χ0n) is 18.0. The van der Waals surface area contributed by atoms with Gasteiger partial charge < -0.3 is 14.0 Å². The van der Waals surface area contributed by atoms with Crippen LogP contribution in [0.4, 0.5) is 0 Å². The van der Waals surface area contributed by atoms with Crippen LogP contribution >= 0.6 is 0 Å². The third-order valence-corrected chi connectivity index (χ3v) is 6.30. The van der Waals surface area contributed by atoms with Gasteiger partial charge in [-0.2, -0.15) is 0 Å². The molecule has 0 spiro atoms. The minimum Gasteiger partial charge on any atom is -0.497 e. The smallest absolute Gasteiger partial charge is 0.157 e. The molecule has 3 aromatic rings. The summed E-state index contributed by atoms with van der Waals surface area (Å²) in [5, 5.41) is 1.20. The highest BCUT2D eigenvalue weighted by Crippen LogP contribution is 2.41. The van der Waals surface area contributed by atoms with Crippen molar-refractivity contribution < 1.29 is 9.47 Å². The van der Waals surface area contributed by atoms with Crippen molar-refractivity contribution in [2.24, 2.45) is 0 Å².